The third-order valence-electron chi connectivity index (χ3n) is 5.00. The zero-order valence-corrected chi connectivity index (χ0v) is 15.9. The molecule has 1 aromatic heterocycles. The summed E-state index contributed by atoms with van der Waals surface area (Å²) < 4.78 is 0. The van der Waals surface area contributed by atoms with E-state index in [2.05, 4.69) is 42.3 Å². The number of rotatable bonds is 6. The van der Waals surface area contributed by atoms with Crippen LogP contribution in [0.2, 0.25) is 0 Å². The lowest BCUT2D eigenvalue weighted by atomic mass is 10.0. The summed E-state index contributed by atoms with van der Waals surface area (Å²) in [7, 11) is 0. The van der Waals surface area contributed by atoms with Crippen molar-refractivity contribution in [2.75, 3.05) is 31.5 Å². The third kappa shape index (κ3) is 4.27. The Bertz CT molecular complexity index is 791. The summed E-state index contributed by atoms with van der Waals surface area (Å²) in [6, 6.07) is 8.18. The van der Waals surface area contributed by atoms with E-state index in [0.29, 0.717) is 31.7 Å². The van der Waals surface area contributed by atoms with Gasteiger partial charge in [0.2, 0.25) is 6.41 Å². The highest BCUT2D eigenvalue weighted by Gasteiger charge is 2.21. The SMILES string of the molecule is CCc1cccc(CC)c1Nc1cncc(C(=O)N2CCN(C=O)CC2)c1. The van der Waals surface area contributed by atoms with Gasteiger partial charge in [-0.1, -0.05) is 32.0 Å². The van der Waals surface area contributed by atoms with Crippen molar-refractivity contribution in [3.05, 3.63) is 53.3 Å². The van der Waals surface area contributed by atoms with Gasteiger partial charge in [0.05, 0.1) is 17.4 Å². The Hall–Kier alpha value is -2.89. The summed E-state index contributed by atoms with van der Waals surface area (Å²) in [5.41, 5.74) is 4.97. The highest BCUT2D eigenvalue weighted by atomic mass is 16.2. The fourth-order valence-electron chi connectivity index (χ4n) is 3.39. The number of aryl methyl sites for hydroxylation is 2. The number of amides is 2. The smallest absolute Gasteiger partial charge is 0.255 e. The normalized spacial score (nSPS) is 14.1. The van der Waals surface area contributed by atoms with Crippen molar-refractivity contribution < 1.29 is 9.59 Å². The summed E-state index contributed by atoms with van der Waals surface area (Å²) >= 11 is 0. The Morgan fingerprint density at radius 1 is 1.11 bits per heavy atom. The Kier molecular flexibility index (Phi) is 6.06. The van der Waals surface area contributed by atoms with E-state index >= 15 is 0 Å². The summed E-state index contributed by atoms with van der Waals surface area (Å²) in [6.45, 7) is 6.52. The number of carbonyl (C=O) groups excluding carboxylic acids is 2. The quantitative estimate of drug-likeness (QED) is 0.799. The molecule has 0 aliphatic carbocycles. The van der Waals surface area contributed by atoms with Crippen molar-refractivity contribution in [3.8, 4) is 0 Å². The molecule has 0 unspecified atom stereocenters. The highest BCUT2D eigenvalue weighted by Crippen LogP contribution is 2.26. The first-order valence-corrected chi connectivity index (χ1v) is 9.47. The minimum absolute atomic E-state index is 0.0452. The van der Waals surface area contributed by atoms with E-state index in [1.807, 2.05) is 6.07 Å². The van der Waals surface area contributed by atoms with Crippen molar-refractivity contribution in [3.63, 3.8) is 0 Å². The van der Waals surface area contributed by atoms with Gasteiger partial charge >= 0.3 is 0 Å². The lowest BCUT2D eigenvalue weighted by molar-refractivity contribution is -0.119. The molecule has 142 valence electrons. The fourth-order valence-corrected chi connectivity index (χ4v) is 3.39. The van der Waals surface area contributed by atoms with Gasteiger partial charge in [0, 0.05) is 38.1 Å². The summed E-state index contributed by atoms with van der Waals surface area (Å²) in [5, 5.41) is 3.47. The number of para-hydroxylation sites is 1. The van der Waals surface area contributed by atoms with Crippen LogP contribution in [0.25, 0.3) is 0 Å². The number of anilines is 2. The van der Waals surface area contributed by atoms with Crippen LogP contribution in [0.1, 0.15) is 35.3 Å². The van der Waals surface area contributed by atoms with Gasteiger partial charge in [-0.15, -0.1) is 0 Å². The summed E-state index contributed by atoms with van der Waals surface area (Å²) in [6.07, 6.45) is 6.05. The van der Waals surface area contributed by atoms with Crippen LogP contribution in [0.15, 0.2) is 36.7 Å². The van der Waals surface area contributed by atoms with Crippen molar-refractivity contribution in [2.24, 2.45) is 0 Å². The van der Waals surface area contributed by atoms with Crippen LogP contribution in [0, 0.1) is 0 Å². The predicted octanol–water partition coefficient (Wildman–Crippen LogP) is 2.86. The van der Waals surface area contributed by atoms with Gasteiger partial charge in [0.15, 0.2) is 0 Å². The standard InChI is InChI=1S/C21H26N4O2/c1-3-16-6-5-7-17(4-2)20(16)23-19-12-18(13-22-14-19)21(27)25-10-8-24(15-26)9-11-25/h5-7,12-15,23H,3-4,8-11H2,1-2H3. The van der Waals surface area contributed by atoms with Crippen molar-refractivity contribution in [1.29, 1.82) is 0 Å². The number of benzene rings is 1. The van der Waals surface area contributed by atoms with Crippen LogP contribution in [0.3, 0.4) is 0 Å². The number of aromatic nitrogens is 1. The molecule has 1 fully saturated rings. The average molecular weight is 366 g/mol. The topological polar surface area (TPSA) is 65.5 Å². The van der Waals surface area contributed by atoms with Gasteiger partial charge in [-0.05, 0) is 30.0 Å². The maximum absolute atomic E-state index is 12.8. The van der Waals surface area contributed by atoms with E-state index < -0.39 is 0 Å². The molecular weight excluding hydrogens is 340 g/mol. The molecule has 1 aromatic carbocycles. The van der Waals surface area contributed by atoms with Gasteiger partial charge in [-0.2, -0.15) is 0 Å². The molecular formula is C21H26N4O2. The van der Waals surface area contributed by atoms with Gasteiger partial charge < -0.3 is 15.1 Å². The van der Waals surface area contributed by atoms with Gasteiger partial charge in [0.1, 0.15) is 0 Å². The monoisotopic (exact) mass is 366 g/mol. The maximum Gasteiger partial charge on any atom is 0.255 e. The van der Waals surface area contributed by atoms with E-state index in [-0.39, 0.29) is 5.91 Å². The number of piperazine rings is 1. The molecule has 1 N–H and O–H groups in total. The molecule has 0 bridgehead atoms. The third-order valence-corrected chi connectivity index (χ3v) is 5.00. The predicted molar refractivity (Wildman–Crippen MR) is 106 cm³/mol. The molecule has 2 aromatic rings. The van der Waals surface area contributed by atoms with Crippen molar-refractivity contribution >= 4 is 23.7 Å². The van der Waals surface area contributed by atoms with Crippen molar-refractivity contribution in [2.45, 2.75) is 26.7 Å². The first kappa shape index (κ1) is 18.9. The number of pyridine rings is 1. The van der Waals surface area contributed by atoms with Crippen LogP contribution in [-0.4, -0.2) is 53.3 Å². The van der Waals surface area contributed by atoms with Crippen LogP contribution in [-0.2, 0) is 17.6 Å². The molecule has 0 radical (unpaired) electrons. The average Bonchev–Trinajstić information content (AvgIpc) is 2.73. The summed E-state index contributed by atoms with van der Waals surface area (Å²) in [4.78, 5) is 31.4. The Morgan fingerprint density at radius 3 is 2.37 bits per heavy atom. The second kappa shape index (κ2) is 8.66. The van der Waals surface area contributed by atoms with E-state index in [0.717, 1.165) is 30.6 Å². The molecule has 1 aliphatic heterocycles. The zero-order valence-electron chi connectivity index (χ0n) is 15.9. The minimum atomic E-state index is -0.0452. The lowest BCUT2D eigenvalue weighted by Gasteiger charge is -2.32. The number of nitrogens with zero attached hydrogens (tertiary/aromatic N) is 3. The Morgan fingerprint density at radius 2 is 1.78 bits per heavy atom. The van der Waals surface area contributed by atoms with Crippen LogP contribution in [0.5, 0.6) is 0 Å². The number of carbonyl (C=O) groups is 2. The second-order valence-corrected chi connectivity index (χ2v) is 6.68. The Balaban J connectivity index is 1.79. The minimum Gasteiger partial charge on any atom is -0.354 e. The van der Waals surface area contributed by atoms with E-state index in [1.165, 1.54) is 11.1 Å². The van der Waals surface area contributed by atoms with Crippen LogP contribution >= 0.6 is 0 Å². The molecule has 27 heavy (non-hydrogen) atoms. The largest absolute Gasteiger partial charge is 0.354 e. The maximum atomic E-state index is 12.8. The van der Waals surface area contributed by atoms with Gasteiger partial charge in [-0.3, -0.25) is 14.6 Å². The van der Waals surface area contributed by atoms with Crippen LogP contribution in [0.4, 0.5) is 11.4 Å². The first-order valence-electron chi connectivity index (χ1n) is 9.47. The molecule has 0 spiro atoms. The molecule has 6 heteroatoms. The molecule has 0 atom stereocenters. The van der Waals surface area contributed by atoms with E-state index in [9.17, 15) is 9.59 Å². The highest BCUT2D eigenvalue weighted by molar-refractivity contribution is 5.95. The first-order chi connectivity index (χ1) is 13.2. The summed E-state index contributed by atoms with van der Waals surface area (Å²) in [5.74, 6) is -0.0452. The Labute approximate surface area is 160 Å². The molecule has 0 saturated carbocycles. The number of hydrogen-bond acceptors (Lipinski definition) is 4. The zero-order chi connectivity index (χ0) is 19.2. The molecule has 6 nitrogen and oxygen atoms in total. The van der Waals surface area contributed by atoms with Gasteiger partial charge in [-0.25, -0.2) is 0 Å². The van der Waals surface area contributed by atoms with E-state index in [1.54, 1.807) is 22.2 Å². The molecule has 3 rings (SSSR count). The van der Waals surface area contributed by atoms with Gasteiger partial charge in [0.25, 0.3) is 5.91 Å². The van der Waals surface area contributed by atoms with Crippen LogP contribution < -0.4 is 5.32 Å². The fraction of sp³-hybridized carbons (Fsp3) is 0.381. The second-order valence-electron chi connectivity index (χ2n) is 6.68. The molecule has 2 amide bonds. The molecule has 1 aliphatic rings. The number of nitrogens with one attached hydrogen (secondary N) is 1. The lowest BCUT2D eigenvalue weighted by Crippen LogP contribution is -2.48. The van der Waals surface area contributed by atoms with E-state index in [4.69, 9.17) is 0 Å². The number of hydrogen-bond donors (Lipinski definition) is 1. The molecule has 1 saturated heterocycles. The molecule has 2 heterocycles. The van der Waals surface area contributed by atoms with Crippen molar-refractivity contribution in [1.82, 2.24) is 14.8 Å².